The molecule has 1 aliphatic rings. The van der Waals surface area contributed by atoms with Crippen LogP contribution in [0.5, 0.6) is 0 Å². The number of oxazole rings is 1. The zero-order valence-corrected chi connectivity index (χ0v) is 15.3. The van der Waals surface area contributed by atoms with Crippen LogP contribution in [-0.4, -0.2) is 11.6 Å². The van der Waals surface area contributed by atoms with Gasteiger partial charge in [-0.15, -0.1) is 0 Å². The van der Waals surface area contributed by atoms with Gasteiger partial charge in [-0.1, -0.05) is 36.4 Å². The summed E-state index contributed by atoms with van der Waals surface area (Å²) in [6, 6.07) is 12.3. The summed E-state index contributed by atoms with van der Waals surface area (Å²) in [4.78, 5) is 4.60. The van der Waals surface area contributed by atoms with E-state index in [1.165, 1.54) is 6.07 Å². The summed E-state index contributed by atoms with van der Waals surface area (Å²) >= 11 is 0. The lowest BCUT2D eigenvalue weighted by atomic mass is 10.1. The Balaban J connectivity index is 1.70. The van der Waals surface area contributed by atoms with Crippen molar-refractivity contribution in [1.82, 2.24) is 4.98 Å². The van der Waals surface area contributed by atoms with Crippen molar-refractivity contribution >= 4 is 16.7 Å². The molecule has 3 nitrogen and oxygen atoms in total. The molecule has 0 N–H and O–H groups in total. The van der Waals surface area contributed by atoms with Crippen LogP contribution in [0.3, 0.4) is 0 Å². The minimum absolute atomic E-state index is 0.253. The van der Waals surface area contributed by atoms with Gasteiger partial charge in [0.05, 0.1) is 6.61 Å². The third-order valence-electron chi connectivity index (χ3n) is 4.58. The third-order valence-corrected chi connectivity index (χ3v) is 4.58. The highest BCUT2D eigenvalue weighted by molar-refractivity contribution is 5.82. The second-order valence-electron chi connectivity index (χ2n) is 6.43. The number of nitrogens with zero attached hydrogens (tertiary/aromatic N) is 1. The molecule has 1 aromatic heterocycles. The SMILES string of the molecule is CCOC1=CCC(c2nc3ccc(-c4ccccc4F)cc3o2)=CC=C1C. The standard InChI is InChI=1S/C23H20FNO2/c1-3-26-21-13-11-16(9-8-15(21)2)23-25-20-12-10-17(14-22(20)27-23)18-6-4-5-7-19(18)24/h4-10,12-14H,3,11H2,1-2H3. The van der Waals surface area contributed by atoms with Crippen molar-refractivity contribution in [1.29, 1.82) is 0 Å². The topological polar surface area (TPSA) is 35.3 Å². The van der Waals surface area contributed by atoms with E-state index in [9.17, 15) is 4.39 Å². The Labute approximate surface area is 157 Å². The van der Waals surface area contributed by atoms with Crippen molar-refractivity contribution in [2.45, 2.75) is 20.3 Å². The Hall–Kier alpha value is -3.14. The molecule has 0 spiro atoms. The molecule has 0 radical (unpaired) electrons. The Morgan fingerprint density at radius 2 is 2.00 bits per heavy atom. The molecule has 0 atom stereocenters. The predicted molar refractivity (Wildman–Crippen MR) is 105 cm³/mol. The molecule has 0 bridgehead atoms. The average Bonchev–Trinajstić information content (AvgIpc) is 3.01. The highest BCUT2D eigenvalue weighted by Gasteiger charge is 2.14. The van der Waals surface area contributed by atoms with Crippen molar-refractivity contribution in [2.75, 3.05) is 6.61 Å². The summed E-state index contributed by atoms with van der Waals surface area (Å²) in [6.07, 6.45) is 6.76. The van der Waals surface area contributed by atoms with Crippen molar-refractivity contribution < 1.29 is 13.5 Å². The first-order valence-corrected chi connectivity index (χ1v) is 9.02. The fourth-order valence-corrected chi connectivity index (χ4v) is 3.15. The van der Waals surface area contributed by atoms with Gasteiger partial charge in [0.15, 0.2) is 5.58 Å². The maximum absolute atomic E-state index is 14.1. The number of hydrogen-bond acceptors (Lipinski definition) is 3. The maximum Gasteiger partial charge on any atom is 0.223 e. The number of ether oxygens (including phenoxy) is 1. The van der Waals surface area contributed by atoms with Gasteiger partial charge < -0.3 is 9.15 Å². The van der Waals surface area contributed by atoms with Crippen LogP contribution in [0.1, 0.15) is 26.2 Å². The van der Waals surface area contributed by atoms with Gasteiger partial charge in [0, 0.05) is 11.1 Å². The van der Waals surface area contributed by atoms with E-state index in [-0.39, 0.29) is 5.82 Å². The van der Waals surface area contributed by atoms with Crippen molar-refractivity contribution in [3.05, 3.63) is 83.7 Å². The number of halogens is 1. The molecular weight excluding hydrogens is 341 g/mol. The van der Waals surface area contributed by atoms with Crippen molar-refractivity contribution in [3.8, 4) is 11.1 Å². The van der Waals surface area contributed by atoms with Crippen LogP contribution in [-0.2, 0) is 4.74 Å². The molecule has 4 rings (SSSR count). The number of benzene rings is 2. The average molecular weight is 361 g/mol. The minimum Gasteiger partial charge on any atom is -0.494 e. The molecule has 2 aromatic carbocycles. The van der Waals surface area contributed by atoms with E-state index in [2.05, 4.69) is 4.98 Å². The Morgan fingerprint density at radius 3 is 2.81 bits per heavy atom. The molecule has 0 aliphatic heterocycles. The number of fused-ring (bicyclic) bond motifs is 1. The van der Waals surface area contributed by atoms with Crippen LogP contribution in [0.25, 0.3) is 27.8 Å². The molecule has 4 heteroatoms. The first kappa shape index (κ1) is 17.3. The van der Waals surface area contributed by atoms with Crippen LogP contribution in [0.2, 0.25) is 0 Å². The quantitative estimate of drug-likeness (QED) is 0.548. The first-order chi connectivity index (χ1) is 13.2. The summed E-state index contributed by atoms with van der Waals surface area (Å²) in [5, 5.41) is 0. The fraction of sp³-hybridized carbons (Fsp3) is 0.174. The smallest absolute Gasteiger partial charge is 0.223 e. The largest absolute Gasteiger partial charge is 0.494 e. The number of allylic oxidation sites excluding steroid dienone is 5. The lowest BCUT2D eigenvalue weighted by molar-refractivity contribution is 0.237. The molecular formula is C23H20FNO2. The van der Waals surface area contributed by atoms with E-state index in [1.807, 2.05) is 56.3 Å². The molecule has 3 aromatic rings. The summed E-state index contributed by atoms with van der Waals surface area (Å²) in [6.45, 7) is 4.63. The fourth-order valence-electron chi connectivity index (χ4n) is 3.15. The molecule has 0 amide bonds. The minimum atomic E-state index is -0.253. The maximum atomic E-state index is 14.1. The van der Waals surface area contributed by atoms with Crippen molar-refractivity contribution in [3.63, 3.8) is 0 Å². The van der Waals surface area contributed by atoms with E-state index >= 15 is 0 Å². The number of hydrogen-bond donors (Lipinski definition) is 0. The van der Waals surface area contributed by atoms with Crippen LogP contribution >= 0.6 is 0 Å². The lowest BCUT2D eigenvalue weighted by Crippen LogP contribution is -1.92. The van der Waals surface area contributed by atoms with E-state index < -0.39 is 0 Å². The van der Waals surface area contributed by atoms with Crippen LogP contribution < -0.4 is 0 Å². The molecule has 1 heterocycles. The number of aromatic nitrogens is 1. The normalized spacial score (nSPS) is 14.4. The van der Waals surface area contributed by atoms with Crippen LogP contribution in [0.15, 0.2) is 76.4 Å². The molecule has 1 aliphatic carbocycles. The van der Waals surface area contributed by atoms with Gasteiger partial charge in [0.25, 0.3) is 0 Å². The van der Waals surface area contributed by atoms with Crippen LogP contribution in [0, 0.1) is 5.82 Å². The highest BCUT2D eigenvalue weighted by Crippen LogP contribution is 2.31. The van der Waals surface area contributed by atoms with Crippen LogP contribution in [0.4, 0.5) is 4.39 Å². The van der Waals surface area contributed by atoms with E-state index in [1.54, 1.807) is 12.1 Å². The number of rotatable bonds is 4. The Bertz CT molecular complexity index is 1090. The zero-order chi connectivity index (χ0) is 18.8. The summed E-state index contributed by atoms with van der Waals surface area (Å²) in [5.74, 6) is 1.22. The molecule has 27 heavy (non-hydrogen) atoms. The summed E-state index contributed by atoms with van der Waals surface area (Å²) in [5.41, 5.74) is 4.77. The second-order valence-corrected chi connectivity index (χ2v) is 6.43. The van der Waals surface area contributed by atoms with E-state index in [0.29, 0.717) is 30.1 Å². The third kappa shape index (κ3) is 3.43. The van der Waals surface area contributed by atoms with Crippen molar-refractivity contribution in [2.24, 2.45) is 0 Å². The molecule has 0 unspecified atom stereocenters. The van der Waals surface area contributed by atoms with Gasteiger partial charge in [-0.25, -0.2) is 9.37 Å². The summed E-state index contributed by atoms with van der Waals surface area (Å²) in [7, 11) is 0. The first-order valence-electron chi connectivity index (χ1n) is 9.02. The predicted octanol–water partition coefficient (Wildman–Crippen LogP) is 6.29. The van der Waals surface area contributed by atoms with Gasteiger partial charge in [0.2, 0.25) is 5.89 Å². The van der Waals surface area contributed by atoms with E-state index in [4.69, 9.17) is 9.15 Å². The van der Waals surface area contributed by atoms with Gasteiger partial charge >= 0.3 is 0 Å². The molecule has 0 saturated carbocycles. The Kier molecular flexibility index (Phi) is 4.63. The molecule has 136 valence electrons. The second kappa shape index (κ2) is 7.23. The monoisotopic (exact) mass is 361 g/mol. The molecule has 0 saturated heterocycles. The highest BCUT2D eigenvalue weighted by atomic mass is 19.1. The van der Waals surface area contributed by atoms with Gasteiger partial charge in [-0.2, -0.15) is 0 Å². The molecule has 0 fully saturated rings. The lowest BCUT2D eigenvalue weighted by Gasteiger charge is -2.07. The zero-order valence-electron chi connectivity index (χ0n) is 15.3. The van der Waals surface area contributed by atoms with E-state index in [0.717, 1.165) is 28.0 Å². The Morgan fingerprint density at radius 1 is 1.15 bits per heavy atom. The van der Waals surface area contributed by atoms with Gasteiger partial charge in [-0.05, 0) is 55.7 Å². The van der Waals surface area contributed by atoms with Gasteiger partial charge in [0.1, 0.15) is 17.1 Å². The van der Waals surface area contributed by atoms with Gasteiger partial charge in [-0.3, -0.25) is 0 Å². The summed E-state index contributed by atoms with van der Waals surface area (Å²) < 4.78 is 25.7.